The molecule has 8 nitrogen and oxygen atoms in total. The molecule has 0 aliphatic rings. The zero-order valence-corrected chi connectivity index (χ0v) is 16.2. The van der Waals surface area contributed by atoms with Gasteiger partial charge in [-0.1, -0.05) is 34.1 Å². The molecule has 3 aromatic rings. The molecule has 1 aromatic heterocycles. The van der Waals surface area contributed by atoms with E-state index in [1.807, 2.05) is 4.98 Å². The second-order valence-electron chi connectivity index (χ2n) is 5.82. The maximum absolute atomic E-state index is 13.8. The molecule has 29 heavy (non-hydrogen) atoms. The molecule has 0 unspecified atom stereocenters. The van der Waals surface area contributed by atoms with Crippen LogP contribution in [0.25, 0.3) is 12.2 Å². The Bertz CT molecular complexity index is 1220. The van der Waals surface area contributed by atoms with E-state index in [9.17, 15) is 24.1 Å². The van der Waals surface area contributed by atoms with Gasteiger partial charge >= 0.3 is 16.9 Å². The van der Waals surface area contributed by atoms with Crippen molar-refractivity contribution in [1.82, 2.24) is 9.97 Å². The molecule has 0 saturated carbocycles. The van der Waals surface area contributed by atoms with Gasteiger partial charge in [0.1, 0.15) is 23.9 Å². The van der Waals surface area contributed by atoms with Gasteiger partial charge in [-0.15, -0.1) is 0 Å². The predicted molar refractivity (Wildman–Crippen MR) is 108 cm³/mol. The number of nitrogens with one attached hydrogen (secondary N) is 2. The van der Waals surface area contributed by atoms with Crippen molar-refractivity contribution < 1.29 is 14.1 Å². The summed E-state index contributed by atoms with van der Waals surface area (Å²) in [6, 6.07) is 11.2. The summed E-state index contributed by atoms with van der Waals surface area (Å²) in [6.45, 7) is -0.0306. The Morgan fingerprint density at radius 3 is 2.62 bits per heavy atom. The Morgan fingerprint density at radius 2 is 1.90 bits per heavy atom. The fraction of sp³-hybridized carbons (Fsp3) is 0.0526. The lowest BCUT2D eigenvalue weighted by molar-refractivity contribution is -0.386. The molecule has 0 fully saturated rings. The van der Waals surface area contributed by atoms with Crippen molar-refractivity contribution in [3.05, 3.63) is 101 Å². The van der Waals surface area contributed by atoms with E-state index in [0.29, 0.717) is 21.3 Å². The van der Waals surface area contributed by atoms with Crippen LogP contribution >= 0.6 is 15.9 Å². The van der Waals surface area contributed by atoms with Gasteiger partial charge in [-0.3, -0.25) is 19.9 Å². The average molecular weight is 462 g/mol. The number of rotatable bonds is 6. The first-order valence-corrected chi connectivity index (χ1v) is 8.99. The normalized spacial score (nSPS) is 11.0. The van der Waals surface area contributed by atoms with Crippen molar-refractivity contribution in [1.29, 1.82) is 0 Å². The molecule has 0 aliphatic heterocycles. The molecule has 0 radical (unpaired) electrons. The summed E-state index contributed by atoms with van der Waals surface area (Å²) in [5.74, 6) is -0.0269. The summed E-state index contributed by atoms with van der Waals surface area (Å²) < 4.78 is 20.2. The van der Waals surface area contributed by atoms with Crippen molar-refractivity contribution in [3.63, 3.8) is 0 Å². The van der Waals surface area contributed by atoms with Crippen LogP contribution in [0, 0.1) is 15.9 Å². The summed E-state index contributed by atoms with van der Waals surface area (Å²) in [4.78, 5) is 37.5. The molecule has 0 bridgehead atoms. The van der Waals surface area contributed by atoms with E-state index in [-0.39, 0.29) is 12.3 Å². The number of aromatic amines is 2. The van der Waals surface area contributed by atoms with E-state index in [0.717, 1.165) is 0 Å². The maximum Gasteiger partial charge on any atom is 0.357 e. The fourth-order valence-corrected chi connectivity index (χ4v) is 2.90. The third-order valence-electron chi connectivity index (χ3n) is 3.87. The molecular weight excluding hydrogens is 449 g/mol. The van der Waals surface area contributed by atoms with Crippen molar-refractivity contribution in [2.24, 2.45) is 0 Å². The van der Waals surface area contributed by atoms with Crippen LogP contribution in [0.2, 0.25) is 0 Å². The number of H-pyrrole nitrogens is 2. The van der Waals surface area contributed by atoms with Gasteiger partial charge in [0.15, 0.2) is 0 Å². The van der Waals surface area contributed by atoms with E-state index in [1.165, 1.54) is 18.2 Å². The minimum absolute atomic E-state index is 0.0306. The fourth-order valence-electron chi connectivity index (χ4n) is 2.52. The number of halogens is 2. The van der Waals surface area contributed by atoms with Crippen molar-refractivity contribution in [3.8, 4) is 5.75 Å². The largest absolute Gasteiger partial charge is 0.488 e. The van der Waals surface area contributed by atoms with Crippen molar-refractivity contribution >= 4 is 33.8 Å². The number of ether oxygens (including phenoxy) is 1. The monoisotopic (exact) mass is 461 g/mol. The molecule has 3 rings (SSSR count). The highest BCUT2D eigenvalue weighted by atomic mass is 79.9. The van der Waals surface area contributed by atoms with Crippen LogP contribution in [-0.4, -0.2) is 14.9 Å². The highest BCUT2D eigenvalue weighted by molar-refractivity contribution is 9.10. The van der Waals surface area contributed by atoms with E-state index < -0.39 is 27.7 Å². The van der Waals surface area contributed by atoms with Gasteiger partial charge in [0.25, 0.3) is 0 Å². The minimum Gasteiger partial charge on any atom is -0.488 e. The lowest BCUT2D eigenvalue weighted by atomic mass is 10.1. The van der Waals surface area contributed by atoms with E-state index in [2.05, 4.69) is 20.9 Å². The zero-order valence-electron chi connectivity index (χ0n) is 14.6. The number of aromatic nitrogens is 2. The van der Waals surface area contributed by atoms with Crippen LogP contribution in [0.15, 0.2) is 56.5 Å². The molecule has 0 atom stereocenters. The lowest BCUT2D eigenvalue weighted by Crippen LogP contribution is -2.25. The Morgan fingerprint density at radius 1 is 1.14 bits per heavy atom. The van der Waals surface area contributed by atoms with E-state index in [1.54, 1.807) is 36.4 Å². The van der Waals surface area contributed by atoms with Crippen LogP contribution < -0.4 is 16.0 Å². The summed E-state index contributed by atoms with van der Waals surface area (Å²) in [6.07, 6.45) is 2.67. The summed E-state index contributed by atoms with van der Waals surface area (Å²) in [5, 5.41) is 11.1. The first-order valence-electron chi connectivity index (χ1n) is 8.20. The van der Waals surface area contributed by atoms with Gasteiger partial charge in [-0.2, -0.15) is 0 Å². The Kier molecular flexibility index (Phi) is 6.03. The molecular formula is C19H13BrFN3O5. The predicted octanol–water partition coefficient (Wildman–Crippen LogP) is 3.62. The van der Waals surface area contributed by atoms with Crippen LogP contribution in [0.3, 0.4) is 0 Å². The number of hydrogen-bond acceptors (Lipinski definition) is 5. The van der Waals surface area contributed by atoms with E-state index in [4.69, 9.17) is 4.74 Å². The Balaban J connectivity index is 1.95. The molecule has 1 heterocycles. The SMILES string of the molecule is O=c1[nH]c(/C=C/c2cc(Br)ccc2OCc2ccccc2F)c([N+](=O)[O-])c(=O)[nH]1. The van der Waals surface area contributed by atoms with Gasteiger partial charge in [0, 0.05) is 15.6 Å². The number of hydrogen-bond donors (Lipinski definition) is 2. The smallest absolute Gasteiger partial charge is 0.357 e. The Hall–Kier alpha value is -3.53. The van der Waals surface area contributed by atoms with Gasteiger partial charge in [-0.25, -0.2) is 9.18 Å². The van der Waals surface area contributed by atoms with Gasteiger partial charge < -0.3 is 9.72 Å². The second-order valence-corrected chi connectivity index (χ2v) is 6.74. The van der Waals surface area contributed by atoms with Crippen LogP contribution in [0.4, 0.5) is 10.1 Å². The van der Waals surface area contributed by atoms with Gasteiger partial charge in [0.05, 0.1) is 4.92 Å². The van der Waals surface area contributed by atoms with Crippen molar-refractivity contribution in [2.45, 2.75) is 6.61 Å². The standard InChI is InChI=1S/C19H13BrFN3O5/c20-13-6-8-16(29-10-12-3-1-2-4-14(12)21)11(9-13)5-7-15-17(24(27)28)18(25)23-19(26)22-15/h1-9H,10H2,(H2,22,23,25,26)/b7-5+. The summed E-state index contributed by atoms with van der Waals surface area (Å²) in [5.41, 5.74) is -2.17. The topological polar surface area (TPSA) is 118 Å². The molecule has 2 aromatic carbocycles. The molecule has 0 spiro atoms. The van der Waals surface area contributed by atoms with Crippen molar-refractivity contribution in [2.75, 3.05) is 0 Å². The molecule has 0 amide bonds. The van der Waals surface area contributed by atoms with Crippen LogP contribution in [-0.2, 0) is 6.61 Å². The Labute approximate surface area is 171 Å². The second kappa shape index (κ2) is 8.65. The molecule has 148 valence electrons. The number of nitrogens with zero attached hydrogens (tertiary/aromatic N) is 1. The summed E-state index contributed by atoms with van der Waals surface area (Å²) >= 11 is 3.32. The first kappa shape index (κ1) is 20.2. The highest BCUT2D eigenvalue weighted by Gasteiger charge is 2.19. The average Bonchev–Trinajstić information content (AvgIpc) is 2.65. The van der Waals surface area contributed by atoms with Gasteiger partial charge in [0.2, 0.25) is 0 Å². The third-order valence-corrected chi connectivity index (χ3v) is 4.36. The zero-order chi connectivity index (χ0) is 21.0. The quantitative estimate of drug-likeness (QED) is 0.429. The minimum atomic E-state index is -1.11. The molecule has 10 heteroatoms. The lowest BCUT2D eigenvalue weighted by Gasteiger charge is -2.10. The summed E-state index contributed by atoms with van der Waals surface area (Å²) in [7, 11) is 0. The van der Waals surface area contributed by atoms with Gasteiger partial charge in [-0.05, 0) is 36.4 Å². The number of nitro groups is 1. The molecule has 0 saturated heterocycles. The number of benzene rings is 2. The van der Waals surface area contributed by atoms with Crippen LogP contribution in [0.1, 0.15) is 16.8 Å². The van der Waals surface area contributed by atoms with Crippen LogP contribution in [0.5, 0.6) is 5.75 Å². The molecule has 0 aliphatic carbocycles. The highest BCUT2D eigenvalue weighted by Crippen LogP contribution is 2.27. The maximum atomic E-state index is 13.8. The van der Waals surface area contributed by atoms with E-state index >= 15 is 0 Å². The molecule has 2 N–H and O–H groups in total. The first-order chi connectivity index (χ1) is 13.8. The third kappa shape index (κ3) is 4.85.